The van der Waals surface area contributed by atoms with Gasteiger partial charge in [-0.05, 0) is 11.6 Å². The second-order valence-electron chi connectivity index (χ2n) is 4.51. The molecule has 19 heavy (non-hydrogen) atoms. The molecule has 1 aromatic carbocycles. The number of hydrogen-bond acceptors (Lipinski definition) is 3. The van der Waals surface area contributed by atoms with Crippen molar-refractivity contribution in [2.75, 3.05) is 5.75 Å². The summed E-state index contributed by atoms with van der Waals surface area (Å²) in [4.78, 5) is 20.1. The number of thioether (sulfide) groups is 1. The summed E-state index contributed by atoms with van der Waals surface area (Å²) in [6.07, 6.45) is 0. The van der Waals surface area contributed by atoms with E-state index in [0.29, 0.717) is 5.52 Å². The van der Waals surface area contributed by atoms with Gasteiger partial charge in [0.1, 0.15) is 5.52 Å². The molecule has 0 atom stereocenters. The normalized spacial score (nSPS) is 13.9. The number of aromatic nitrogens is 3. The van der Waals surface area contributed by atoms with E-state index in [0.717, 1.165) is 34.2 Å². The predicted octanol–water partition coefficient (Wildman–Crippen LogP) is 2.50. The number of fused-ring (bicyclic) bond motifs is 2. The largest absolute Gasteiger partial charge is 0.349 e. The Labute approximate surface area is 113 Å². The highest BCUT2D eigenvalue weighted by Gasteiger charge is 2.18. The second-order valence-corrected chi connectivity index (χ2v) is 5.57. The summed E-state index contributed by atoms with van der Waals surface area (Å²) in [6, 6.07) is 11.9. The molecule has 94 valence electrons. The molecule has 4 rings (SSSR count). The molecule has 2 aromatic heterocycles. The van der Waals surface area contributed by atoms with Crippen molar-refractivity contribution in [2.45, 2.75) is 11.7 Å². The Kier molecular flexibility index (Phi) is 2.29. The molecule has 0 spiro atoms. The van der Waals surface area contributed by atoms with Gasteiger partial charge in [-0.15, -0.1) is 0 Å². The molecule has 0 aliphatic carbocycles. The number of rotatable bonds is 1. The average Bonchev–Trinajstić information content (AvgIpc) is 3.06. The van der Waals surface area contributed by atoms with Gasteiger partial charge in [0, 0.05) is 18.0 Å². The summed E-state index contributed by atoms with van der Waals surface area (Å²) in [7, 11) is 0. The van der Waals surface area contributed by atoms with Crippen LogP contribution in [0.1, 0.15) is 0 Å². The maximum atomic E-state index is 12.3. The summed E-state index contributed by atoms with van der Waals surface area (Å²) in [5.41, 5.74) is 3.40. The van der Waals surface area contributed by atoms with Gasteiger partial charge >= 0.3 is 0 Å². The van der Waals surface area contributed by atoms with Crippen LogP contribution in [0.5, 0.6) is 0 Å². The van der Waals surface area contributed by atoms with Crippen molar-refractivity contribution in [3.05, 3.63) is 46.8 Å². The maximum absolute atomic E-state index is 12.3. The smallest absolute Gasteiger partial charge is 0.278 e. The number of benzene rings is 1. The fraction of sp³-hybridized carbons (Fsp3) is 0.143. The molecule has 1 aliphatic rings. The first kappa shape index (κ1) is 10.9. The van der Waals surface area contributed by atoms with E-state index in [-0.39, 0.29) is 5.56 Å². The van der Waals surface area contributed by atoms with Crippen LogP contribution < -0.4 is 5.56 Å². The van der Waals surface area contributed by atoms with Gasteiger partial charge in [-0.1, -0.05) is 42.1 Å². The molecular weight excluding hydrogens is 258 g/mol. The highest BCUT2D eigenvalue weighted by atomic mass is 32.2. The van der Waals surface area contributed by atoms with Crippen molar-refractivity contribution < 1.29 is 0 Å². The first-order chi connectivity index (χ1) is 9.33. The van der Waals surface area contributed by atoms with Crippen LogP contribution in [0, 0.1) is 0 Å². The lowest BCUT2D eigenvalue weighted by Gasteiger charge is -1.99. The second kappa shape index (κ2) is 3.99. The van der Waals surface area contributed by atoms with Gasteiger partial charge in [-0.3, -0.25) is 9.36 Å². The Morgan fingerprint density at radius 2 is 2.11 bits per heavy atom. The van der Waals surface area contributed by atoms with E-state index in [2.05, 4.69) is 9.97 Å². The monoisotopic (exact) mass is 269 g/mol. The van der Waals surface area contributed by atoms with Gasteiger partial charge in [0.25, 0.3) is 5.56 Å². The highest BCUT2D eigenvalue weighted by Crippen LogP contribution is 2.26. The Balaban J connectivity index is 1.99. The van der Waals surface area contributed by atoms with E-state index in [1.807, 2.05) is 36.4 Å². The van der Waals surface area contributed by atoms with Crippen molar-refractivity contribution in [3.8, 4) is 11.3 Å². The number of nitrogens with one attached hydrogen (secondary N) is 1. The third-order valence-electron chi connectivity index (χ3n) is 3.33. The van der Waals surface area contributed by atoms with Crippen LogP contribution in [0.25, 0.3) is 22.3 Å². The molecule has 1 N–H and O–H groups in total. The van der Waals surface area contributed by atoms with E-state index >= 15 is 0 Å². The Bertz CT molecular complexity index is 820. The Morgan fingerprint density at radius 3 is 2.95 bits per heavy atom. The first-order valence-electron chi connectivity index (χ1n) is 6.15. The maximum Gasteiger partial charge on any atom is 0.278 e. The topological polar surface area (TPSA) is 50.7 Å². The van der Waals surface area contributed by atoms with E-state index in [1.165, 1.54) is 0 Å². The Morgan fingerprint density at radius 1 is 1.26 bits per heavy atom. The van der Waals surface area contributed by atoms with Crippen molar-refractivity contribution in [3.63, 3.8) is 0 Å². The van der Waals surface area contributed by atoms with Gasteiger partial charge in [-0.2, -0.15) is 0 Å². The number of H-pyrrole nitrogens is 1. The van der Waals surface area contributed by atoms with Crippen molar-refractivity contribution in [1.29, 1.82) is 0 Å². The van der Waals surface area contributed by atoms with E-state index < -0.39 is 0 Å². The lowest BCUT2D eigenvalue weighted by molar-refractivity contribution is 0.668. The fourth-order valence-electron chi connectivity index (χ4n) is 2.39. The van der Waals surface area contributed by atoms with Gasteiger partial charge in [0.15, 0.2) is 5.16 Å². The molecule has 4 nitrogen and oxygen atoms in total. The molecule has 0 saturated carbocycles. The van der Waals surface area contributed by atoms with Crippen LogP contribution in [0.2, 0.25) is 0 Å². The van der Waals surface area contributed by atoms with Gasteiger partial charge in [0.2, 0.25) is 0 Å². The average molecular weight is 269 g/mol. The van der Waals surface area contributed by atoms with E-state index in [4.69, 9.17) is 0 Å². The van der Waals surface area contributed by atoms with Gasteiger partial charge in [0.05, 0.1) is 5.52 Å². The minimum absolute atomic E-state index is 0.0344. The van der Waals surface area contributed by atoms with Crippen LogP contribution in [0.4, 0.5) is 0 Å². The molecule has 0 radical (unpaired) electrons. The van der Waals surface area contributed by atoms with Gasteiger partial charge in [-0.25, -0.2) is 4.98 Å². The number of aromatic amines is 1. The molecule has 5 heteroatoms. The van der Waals surface area contributed by atoms with Crippen molar-refractivity contribution >= 4 is 22.8 Å². The zero-order chi connectivity index (χ0) is 12.8. The molecule has 1 aliphatic heterocycles. The van der Waals surface area contributed by atoms with Gasteiger partial charge < -0.3 is 4.98 Å². The predicted molar refractivity (Wildman–Crippen MR) is 76.5 cm³/mol. The lowest BCUT2D eigenvalue weighted by Crippen LogP contribution is -2.20. The number of nitrogens with zero attached hydrogens (tertiary/aromatic N) is 2. The summed E-state index contributed by atoms with van der Waals surface area (Å²) >= 11 is 1.64. The third-order valence-corrected chi connectivity index (χ3v) is 4.29. The molecule has 0 bridgehead atoms. The zero-order valence-electron chi connectivity index (χ0n) is 10.1. The quantitative estimate of drug-likeness (QED) is 0.691. The van der Waals surface area contributed by atoms with Crippen LogP contribution in [-0.2, 0) is 6.54 Å². The summed E-state index contributed by atoms with van der Waals surface area (Å²) in [5.74, 6) is 0.931. The summed E-state index contributed by atoms with van der Waals surface area (Å²) in [5, 5.41) is 0.830. The molecule has 0 amide bonds. The summed E-state index contributed by atoms with van der Waals surface area (Å²) in [6.45, 7) is 0.751. The van der Waals surface area contributed by atoms with E-state index in [1.54, 1.807) is 16.3 Å². The summed E-state index contributed by atoms with van der Waals surface area (Å²) < 4.78 is 1.75. The third kappa shape index (κ3) is 1.62. The van der Waals surface area contributed by atoms with E-state index in [9.17, 15) is 4.79 Å². The van der Waals surface area contributed by atoms with Crippen molar-refractivity contribution in [1.82, 2.24) is 14.5 Å². The molecule has 0 fully saturated rings. The Hall–Kier alpha value is -2.01. The molecule has 3 heterocycles. The SMILES string of the molecule is O=c1c2[nH]c(-c3ccccc3)cc2nc2n1CCS2. The van der Waals surface area contributed by atoms with Crippen molar-refractivity contribution in [2.24, 2.45) is 0 Å². The standard InChI is InChI=1S/C14H11N3OS/c18-13-12-11(16-14-17(13)6-7-19-14)8-10(15-12)9-4-2-1-3-5-9/h1-5,8,15H,6-7H2. The zero-order valence-corrected chi connectivity index (χ0v) is 10.9. The minimum atomic E-state index is 0.0344. The fourth-order valence-corrected chi connectivity index (χ4v) is 3.34. The molecule has 3 aromatic rings. The number of hydrogen-bond donors (Lipinski definition) is 1. The van der Waals surface area contributed by atoms with Crippen LogP contribution in [0.15, 0.2) is 46.3 Å². The van der Waals surface area contributed by atoms with Crippen LogP contribution in [0.3, 0.4) is 0 Å². The first-order valence-corrected chi connectivity index (χ1v) is 7.13. The minimum Gasteiger partial charge on any atom is -0.349 e. The molecule has 0 saturated heterocycles. The van der Waals surface area contributed by atoms with Crippen LogP contribution in [-0.4, -0.2) is 20.3 Å². The molecule has 0 unspecified atom stereocenters. The highest BCUT2D eigenvalue weighted by molar-refractivity contribution is 7.99. The molecular formula is C14H11N3OS. The van der Waals surface area contributed by atoms with Crippen LogP contribution >= 0.6 is 11.8 Å². The lowest BCUT2D eigenvalue weighted by atomic mass is 10.2.